The summed E-state index contributed by atoms with van der Waals surface area (Å²) < 4.78 is 0. The van der Waals surface area contributed by atoms with Gasteiger partial charge in [-0.1, -0.05) is 5.16 Å². The third kappa shape index (κ3) is 2.93. The topological polar surface area (TPSA) is 108 Å². The molecule has 7 heteroatoms. The highest BCUT2D eigenvalue weighted by Crippen LogP contribution is 2.26. The third-order valence-electron chi connectivity index (χ3n) is 3.45. The van der Waals surface area contributed by atoms with Gasteiger partial charge in [0.25, 0.3) is 0 Å². The number of amidine groups is 1. The summed E-state index contributed by atoms with van der Waals surface area (Å²) in [6, 6.07) is 1.91. The highest BCUT2D eigenvalue weighted by Gasteiger charge is 2.26. The van der Waals surface area contributed by atoms with Crippen molar-refractivity contribution in [2.45, 2.75) is 31.7 Å². The lowest BCUT2D eigenvalue weighted by molar-refractivity contribution is 0.262. The molecular formula is C12H19N5O2. The zero-order chi connectivity index (χ0) is 13.7. The van der Waals surface area contributed by atoms with Crippen molar-refractivity contribution in [1.82, 2.24) is 10.2 Å². The van der Waals surface area contributed by atoms with Crippen molar-refractivity contribution >= 4 is 11.7 Å². The Labute approximate surface area is 111 Å². The molecule has 1 unspecified atom stereocenters. The lowest BCUT2D eigenvalue weighted by Gasteiger charge is -2.36. The lowest BCUT2D eigenvalue weighted by Crippen LogP contribution is -2.42. The monoisotopic (exact) mass is 265 g/mol. The minimum Gasteiger partial charge on any atom is -0.409 e. The molecule has 0 aliphatic carbocycles. The number of aromatic nitrogens is 2. The average Bonchev–Trinajstić information content (AvgIpc) is 2.47. The first-order valence-electron chi connectivity index (χ1n) is 6.45. The minimum absolute atomic E-state index is 0.0261. The second-order valence-electron chi connectivity index (χ2n) is 4.61. The van der Waals surface area contributed by atoms with Crippen LogP contribution in [-0.2, 0) is 0 Å². The van der Waals surface area contributed by atoms with Gasteiger partial charge in [0.15, 0.2) is 11.7 Å². The van der Waals surface area contributed by atoms with Gasteiger partial charge in [0.05, 0.1) is 11.8 Å². The summed E-state index contributed by atoms with van der Waals surface area (Å²) in [6.07, 6.45) is 5.41. The number of nitrogens with two attached hydrogens (primary N) is 1. The van der Waals surface area contributed by atoms with Crippen LogP contribution in [0.4, 0.5) is 5.82 Å². The molecule has 4 N–H and O–H groups in total. The van der Waals surface area contributed by atoms with Crippen LogP contribution in [0.1, 0.15) is 31.2 Å². The summed E-state index contributed by atoms with van der Waals surface area (Å²) in [4.78, 5) is 2.10. The highest BCUT2D eigenvalue weighted by molar-refractivity contribution is 6.01. The molecule has 1 aliphatic heterocycles. The maximum atomic E-state index is 9.16. The van der Waals surface area contributed by atoms with Crippen LogP contribution < -0.4 is 10.6 Å². The molecular weight excluding hydrogens is 246 g/mol. The quantitative estimate of drug-likeness (QED) is 0.313. The molecule has 0 aromatic carbocycles. The standard InChI is InChI=1S/C12H19N5O2/c13-11(16-19)10-4-6-14-15-12(10)17-7-2-1-3-9(17)5-8-18/h4,6,9,18-19H,1-3,5,7-8H2,(H2,13,16). The highest BCUT2D eigenvalue weighted by atomic mass is 16.4. The SMILES string of the molecule is N/C(=N/O)c1ccnnc1N1CCCCC1CCO. The van der Waals surface area contributed by atoms with Crippen molar-refractivity contribution in [2.24, 2.45) is 10.9 Å². The first-order valence-corrected chi connectivity index (χ1v) is 6.45. The Morgan fingerprint density at radius 1 is 1.53 bits per heavy atom. The van der Waals surface area contributed by atoms with Gasteiger partial charge in [-0.2, -0.15) is 5.10 Å². The molecule has 0 radical (unpaired) electrons. The van der Waals surface area contributed by atoms with Crippen LogP contribution in [0.15, 0.2) is 17.4 Å². The lowest BCUT2D eigenvalue weighted by atomic mass is 9.99. The zero-order valence-corrected chi connectivity index (χ0v) is 10.7. The molecule has 0 saturated carbocycles. The maximum absolute atomic E-state index is 9.16. The smallest absolute Gasteiger partial charge is 0.173 e. The van der Waals surface area contributed by atoms with Crippen LogP contribution in [0.3, 0.4) is 0 Å². The number of oxime groups is 1. The Morgan fingerprint density at radius 2 is 2.37 bits per heavy atom. The molecule has 104 valence electrons. The van der Waals surface area contributed by atoms with Gasteiger partial charge < -0.3 is 20.9 Å². The normalized spacial score (nSPS) is 20.6. The molecule has 1 aromatic heterocycles. The molecule has 1 saturated heterocycles. The average molecular weight is 265 g/mol. The van der Waals surface area contributed by atoms with Crippen molar-refractivity contribution in [3.05, 3.63) is 17.8 Å². The molecule has 2 heterocycles. The number of anilines is 1. The second kappa shape index (κ2) is 6.33. The molecule has 0 bridgehead atoms. The van der Waals surface area contributed by atoms with E-state index in [0.717, 1.165) is 25.8 Å². The predicted molar refractivity (Wildman–Crippen MR) is 71.2 cm³/mol. The molecule has 19 heavy (non-hydrogen) atoms. The fourth-order valence-corrected chi connectivity index (χ4v) is 2.52. The molecule has 1 aromatic rings. The molecule has 1 atom stereocenters. The molecule has 1 fully saturated rings. The first kappa shape index (κ1) is 13.5. The number of nitrogens with zero attached hydrogens (tertiary/aromatic N) is 4. The fraction of sp³-hybridized carbons (Fsp3) is 0.583. The van der Waals surface area contributed by atoms with Crippen LogP contribution in [-0.4, -0.2) is 45.5 Å². The summed E-state index contributed by atoms with van der Waals surface area (Å²) in [5.41, 5.74) is 6.25. The van der Waals surface area contributed by atoms with E-state index >= 15 is 0 Å². The molecule has 0 amide bonds. The van der Waals surface area contributed by atoms with Crippen molar-refractivity contribution in [2.75, 3.05) is 18.1 Å². The number of hydrogen-bond donors (Lipinski definition) is 3. The molecule has 7 nitrogen and oxygen atoms in total. The van der Waals surface area contributed by atoms with E-state index in [9.17, 15) is 0 Å². The number of aliphatic hydroxyl groups is 1. The summed E-state index contributed by atoms with van der Waals surface area (Å²) in [5, 5.41) is 29.0. The Kier molecular flexibility index (Phi) is 4.51. The van der Waals surface area contributed by atoms with Gasteiger partial charge in [0.1, 0.15) is 0 Å². The Balaban J connectivity index is 2.33. The Hall–Kier alpha value is -1.89. The van der Waals surface area contributed by atoms with Crippen LogP contribution in [0, 0.1) is 0 Å². The third-order valence-corrected chi connectivity index (χ3v) is 3.45. The number of rotatable bonds is 4. The van der Waals surface area contributed by atoms with Crippen molar-refractivity contribution in [3.8, 4) is 0 Å². The van der Waals surface area contributed by atoms with Crippen LogP contribution in [0.25, 0.3) is 0 Å². The summed E-state index contributed by atoms with van der Waals surface area (Å²) in [7, 11) is 0. The Morgan fingerprint density at radius 3 is 3.11 bits per heavy atom. The van der Waals surface area contributed by atoms with E-state index in [4.69, 9.17) is 16.0 Å². The van der Waals surface area contributed by atoms with Gasteiger partial charge in [-0.3, -0.25) is 0 Å². The number of piperidine rings is 1. The van der Waals surface area contributed by atoms with Gasteiger partial charge in [-0.25, -0.2) is 0 Å². The van der Waals surface area contributed by atoms with Gasteiger partial charge in [-0.05, 0) is 31.7 Å². The molecule has 2 rings (SSSR count). The van der Waals surface area contributed by atoms with Crippen LogP contribution in [0.2, 0.25) is 0 Å². The minimum atomic E-state index is 0.0261. The van der Waals surface area contributed by atoms with E-state index in [1.165, 1.54) is 6.20 Å². The van der Waals surface area contributed by atoms with Crippen molar-refractivity contribution in [1.29, 1.82) is 0 Å². The number of hydrogen-bond acceptors (Lipinski definition) is 6. The van der Waals surface area contributed by atoms with Gasteiger partial charge in [0, 0.05) is 19.2 Å². The zero-order valence-electron chi connectivity index (χ0n) is 10.7. The largest absolute Gasteiger partial charge is 0.409 e. The van der Waals surface area contributed by atoms with Crippen molar-refractivity contribution in [3.63, 3.8) is 0 Å². The molecule has 1 aliphatic rings. The summed E-state index contributed by atoms with van der Waals surface area (Å²) in [5.74, 6) is 0.647. The number of aliphatic hydroxyl groups excluding tert-OH is 1. The summed E-state index contributed by atoms with van der Waals surface area (Å²) >= 11 is 0. The van der Waals surface area contributed by atoms with Gasteiger partial charge in [-0.15, -0.1) is 5.10 Å². The van der Waals surface area contributed by atoms with Crippen LogP contribution >= 0.6 is 0 Å². The van der Waals surface area contributed by atoms with Crippen LogP contribution in [0.5, 0.6) is 0 Å². The fourth-order valence-electron chi connectivity index (χ4n) is 2.52. The Bertz CT molecular complexity index is 450. The van der Waals surface area contributed by atoms with E-state index in [2.05, 4.69) is 20.3 Å². The summed E-state index contributed by atoms with van der Waals surface area (Å²) in [6.45, 7) is 0.982. The van der Waals surface area contributed by atoms with Gasteiger partial charge in [0.2, 0.25) is 0 Å². The van der Waals surface area contributed by atoms with E-state index < -0.39 is 0 Å². The predicted octanol–water partition coefficient (Wildman–Crippen LogP) is 0.312. The van der Waals surface area contributed by atoms with Gasteiger partial charge >= 0.3 is 0 Å². The molecule has 0 spiro atoms. The second-order valence-corrected chi connectivity index (χ2v) is 4.61. The first-order chi connectivity index (χ1) is 9.27. The van der Waals surface area contributed by atoms with E-state index in [-0.39, 0.29) is 18.5 Å². The van der Waals surface area contributed by atoms with E-state index in [0.29, 0.717) is 17.8 Å². The van der Waals surface area contributed by atoms with Crippen molar-refractivity contribution < 1.29 is 10.3 Å². The van der Waals surface area contributed by atoms with E-state index in [1.807, 2.05) is 0 Å². The maximum Gasteiger partial charge on any atom is 0.173 e. The van der Waals surface area contributed by atoms with E-state index in [1.54, 1.807) is 6.07 Å².